The first kappa shape index (κ1) is 33.7. The minimum atomic E-state index is -0.241. The number of carbonyl (C=O) groups excluding carboxylic acids is 2. The van der Waals surface area contributed by atoms with E-state index in [1.165, 1.54) is 37.0 Å². The standard InChI is InChI=1S/C39H48N6O2S/c1-39(2,27-40)28-45(38(47)35-10-7-25-48-35)32-16-13-30(14-17-32)31-15-18-34(33(26-31)42-37(46)19-12-29-8-3-4-9-29)43-21-23-44(24-22-43)36-11-5-6-20-41-36/h5-7,10-11,13-18,20,25-26,29H,3-4,8-9,12,19,21-24,27-28,40H2,1-2H3,(H,42,46). The van der Waals surface area contributed by atoms with Gasteiger partial charge in [0.1, 0.15) is 5.82 Å². The molecule has 2 fully saturated rings. The van der Waals surface area contributed by atoms with Crippen LogP contribution in [0.5, 0.6) is 0 Å². The topological polar surface area (TPSA) is 94.8 Å². The number of nitrogens with zero attached hydrogens (tertiary/aromatic N) is 4. The van der Waals surface area contributed by atoms with Crippen LogP contribution in [0.3, 0.4) is 0 Å². The Kier molecular flexibility index (Phi) is 10.8. The molecule has 2 aromatic heterocycles. The lowest BCUT2D eigenvalue weighted by molar-refractivity contribution is -0.116. The third-order valence-corrected chi connectivity index (χ3v) is 10.6. The van der Waals surface area contributed by atoms with Crippen molar-refractivity contribution in [3.8, 4) is 11.1 Å². The first-order chi connectivity index (χ1) is 23.3. The van der Waals surface area contributed by atoms with Crippen molar-refractivity contribution < 1.29 is 9.59 Å². The van der Waals surface area contributed by atoms with Gasteiger partial charge >= 0.3 is 0 Å². The summed E-state index contributed by atoms with van der Waals surface area (Å²) in [6.07, 6.45) is 8.39. The Morgan fingerprint density at radius 3 is 2.33 bits per heavy atom. The minimum Gasteiger partial charge on any atom is -0.366 e. The average Bonchev–Trinajstić information content (AvgIpc) is 3.86. The fourth-order valence-electron chi connectivity index (χ4n) is 6.80. The van der Waals surface area contributed by atoms with Gasteiger partial charge in [-0.15, -0.1) is 11.3 Å². The molecule has 6 rings (SSSR count). The van der Waals surface area contributed by atoms with E-state index in [-0.39, 0.29) is 17.2 Å². The summed E-state index contributed by atoms with van der Waals surface area (Å²) >= 11 is 1.45. The average molecular weight is 665 g/mol. The second-order valence-corrected chi connectivity index (χ2v) is 14.9. The van der Waals surface area contributed by atoms with Gasteiger partial charge in [0, 0.05) is 51.0 Å². The molecule has 1 aliphatic carbocycles. The molecule has 2 aromatic carbocycles. The Morgan fingerprint density at radius 2 is 1.67 bits per heavy atom. The van der Waals surface area contributed by atoms with E-state index in [0.717, 1.165) is 66.6 Å². The van der Waals surface area contributed by atoms with E-state index in [1.54, 1.807) is 0 Å². The molecule has 1 saturated heterocycles. The molecule has 0 radical (unpaired) electrons. The molecule has 4 aromatic rings. The number of pyridine rings is 1. The third-order valence-electron chi connectivity index (χ3n) is 9.75. The van der Waals surface area contributed by atoms with Crippen LogP contribution in [-0.2, 0) is 4.79 Å². The zero-order valence-corrected chi connectivity index (χ0v) is 29.1. The quantitative estimate of drug-likeness (QED) is 0.161. The first-order valence-electron chi connectivity index (χ1n) is 17.3. The van der Waals surface area contributed by atoms with E-state index in [4.69, 9.17) is 5.73 Å². The molecule has 9 heteroatoms. The van der Waals surface area contributed by atoms with E-state index in [2.05, 4.69) is 70.3 Å². The normalized spacial score (nSPS) is 15.5. The van der Waals surface area contributed by atoms with Crippen molar-refractivity contribution in [2.45, 2.75) is 52.4 Å². The third kappa shape index (κ3) is 8.25. The monoisotopic (exact) mass is 664 g/mol. The zero-order valence-electron chi connectivity index (χ0n) is 28.2. The van der Waals surface area contributed by atoms with Gasteiger partial charge in [-0.2, -0.15) is 0 Å². The molecule has 1 aliphatic heterocycles. The van der Waals surface area contributed by atoms with Gasteiger partial charge in [0.05, 0.1) is 16.3 Å². The SMILES string of the molecule is CC(C)(CN)CN(C(=O)c1cccs1)c1ccc(-c2ccc(N3CCN(c4ccccn4)CC3)c(NC(=O)CCC3CCCC3)c2)cc1. The maximum Gasteiger partial charge on any atom is 0.268 e. The highest BCUT2D eigenvalue weighted by atomic mass is 32.1. The maximum absolute atomic E-state index is 13.6. The Bertz CT molecular complexity index is 1640. The van der Waals surface area contributed by atoms with Gasteiger partial charge in [-0.25, -0.2) is 4.98 Å². The molecular weight excluding hydrogens is 617 g/mol. The summed E-state index contributed by atoms with van der Waals surface area (Å²) in [5.74, 6) is 1.72. The number of nitrogens with two attached hydrogens (primary N) is 1. The summed E-state index contributed by atoms with van der Waals surface area (Å²) in [6.45, 7) is 8.54. The molecule has 2 amide bonds. The van der Waals surface area contributed by atoms with Crippen LogP contribution in [-0.4, -0.2) is 56.1 Å². The predicted molar refractivity (Wildman–Crippen MR) is 199 cm³/mol. The number of aromatic nitrogens is 1. The fraction of sp³-hybridized carbons (Fsp3) is 0.410. The number of benzene rings is 2. The number of thiophene rings is 1. The van der Waals surface area contributed by atoms with Crippen molar-refractivity contribution in [2.24, 2.45) is 17.1 Å². The number of piperazine rings is 1. The number of nitrogens with one attached hydrogen (secondary N) is 1. The molecular formula is C39H48N6O2S. The van der Waals surface area contributed by atoms with Crippen molar-refractivity contribution in [3.63, 3.8) is 0 Å². The zero-order chi connectivity index (χ0) is 33.5. The fourth-order valence-corrected chi connectivity index (χ4v) is 7.47. The van der Waals surface area contributed by atoms with Gasteiger partial charge in [0.2, 0.25) is 5.91 Å². The summed E-state index contributed by atoms with van der Waals surface area (Å²) in [6, 6.07) is 24.3. The van der Waals surface area contributed by atoms with Crippen LogP contribution in [0, 0.1) is 11.3 Å². The van der Waals surface area contributed by atoms with Crippen LogP contribution in [0.2, 0.25) is 0 Å². The van der Waals surface area contributed by atoms with Gasteiger partial charge in [-0.1, -0.05) is 69.9 Å². The van der Waals surface area contributed by atoms with Gasteiger partial charge in [0.15, 0.2) is 0 Å². The van der Waals surface area contributed by atoms with E-state index >= 15 is 0 Å². The van der Waals surface area contributed by atoms with Gasteiger partial charge in [-0.3, -0.25) is 9.59 Å². The van der Waals surface area contributed by atoms with Gasteiger partial charge in [-0.05, 0) is 83.3 Å². The number of carbonyl (C=O) groups is 2. The van der Waals surface area contributed by atoms with Crippen LogP contribution in [0.15, 0.2) is 84.4 Å². The number of amides is 2. The molecule has 8 nitrogen and oxygen atoms in total. The summed E-state index contributed by atoms with van der Waals surface area (Å²) in [5, 5.41) is 5.24. The molecule has 0 spiro atoms. The van der Waals surface area contributed by atoms with Crippen molar-refractivity contribution in [3.05, 3.63) is 89.3 Å². The van der Waals surface area contributed by atoms with E-state index in [9.17, 15) is 9.59 Å². The van der Waals surface area contributed by atoms with E-state index < -0.39 is 0 Å². The maximum atomic E-state index is 13.6. The Hall–Kier alpha value is -4.21. The number of rotatable bonds is 12. The molecule has 48 heavy (non-hydrogen) atoms. The number of anilines is 4. The van der Waals surface area contributed by atoms with Crippen molar-refractivity contribution >= 4 is 46.0 Å². The van der Waals surface area contributed by atoms with Gasteiger partial charge in [0.25, 0.3) is 5.91 Å². The molecule has 0 atom stereocenters. The highest BCUT2D eigenvalue weighted by Crippen LogP contribution is 2.35. The van der Waals surface area contributed by atoms with Gasteiger partial charge < -0.3 is 25.8 Å². The van der Waals surface area contributed by atoms with Crippen LogP contribution >= 0.6 is 11.3 Å². The molecule has 252 valence electrons. The van der Waals surface area contributed by atoms with Crippen LogP contribution < -0.4 is 25.8 Å². The lowest BCUT2D eigenvalue weighted by Crippen LogP contribution is -2.47. The summed E-state index contributed by atoms with van der Waals surface area (Å²) < 4.78 is 0. The highest BCUT2D eigenvalue weighted by Gasteiger charge is 2.27. The molecule has 1 saturated carbocycles. The molecule has 3 N–H and O–H groups in total. The smallest absolute Gasteiger partial charge is 0.268 e. The largest absolute Gasteiger partial charge is 0.366 e. The lowest BCUT2D eigenvalue weighted by Gasteiger charge is -2.37. The number of hydrogen-bond donors (Lipinski definition) is 2. The first-order valence-corrected chi connectivity index (χ1v) is 18.2. The van der Waals surface area contributed by atoms with Crippen molar-refractivity contribution in [2.75, 3.05) is 59.3 Å². The second kappa shape index (κ2) is 15.3. The molecule has 0 bridgehead atoms. The lowest BCUT2D eigenvalue weighted by atomic mass is 9.92. The Morgan fingerprint density at radius 1 is 0.938 bits per heavy atom. The molecule has 2 aliphatic rings. The predicted octanol–water partition coefficient (Wildman–Crippen LogP) is 7.68. The summed E-state index contributed by atoms with van der Waals surface area (Å²) in [5.41, 5.74) is 10.6. The molecule has 0 unspecified atom stereocenters. The van der Waals surface area contributed by atoms with Crippen molar-refractivity contribution in [1.82, 2.24) is 4.98 Å². The van der Waals surface area contributed by atoms with Crippen molar-refractivity contribution in [1.29, 1.82) is 0 Å². The van der Waals surface area contributed by atoms with E-state index in [0.29, 0.717) is 30.3 Å². The Balaban J connectivity index is 1.23. The summed E-state index contributed by atoms with van der Waals surface area (Å²) in [4.78, 5) is 38.7. The molecule has 3 heterocycles. The van der Waals surface area contributed by atoms with E-state index in [1.807, 2.05) is 52.9 Å². The number of hydrogen-bond acceptors (Lipinski definition) is 7. The Labute approximate surface area is 289 Å². The van der Waals surface area contributed by atoms with Crippen LogP contribution in [0.1, 0.15) is 62.0 Å². The van der Waals surface area contributed by atoms with Crippen LogP contribution in [0.25, 0.3) is 11.1 Å². The second-order valence-electron chi connectivity index (χ2n) is 13.9. The van der Waals surface area contributed by atoms with Crippen LogP contribution in [0.4, 0.5) is 22.9 Å². The summed E-state index contributed by atoms with van der Waals surface area (Å²) in [7, 11) is 0. The highest BCUT2D eigenvalue weighted by molar-refractivity contribution is 7.12. The minimum absolute atomic E-state index is 0.0191.